The van der Waals surface area contributed by atoms with Crippen LogP contribution in [0.2, 0.25) is 5.15 Å². The van der Waals surface area contributed by atoms with E-state index in [2.05, 4.69) is 15.2 Å². The van der Waals surface area contributed by atoms with Crippen molar-refractivity contribution in [2.24, 2.45) is 7.05 Å². The molecular weight excluding hydrogens is 324 g/mol. The molecule has 8 heteroatoms. The molecule has 0 aliphatic carbocycles. The van der Waals surface area contributed by atoms with Gasteiger partial charge in [0, 0.05) is 24.6 Å². The van der Waals surface area contributed by atoms with Crippen molar-refractivity contribution >= 4 is 23.4 Å². The number of hydrogen-bond acceptors (Lipinski definition) is 6. The minimum absolute atomic E-state index is 0.112. The maximum atomic E-state index is 8.97. The summed E-state index contributed by atoms with van der Waals surface area (Å²) in [6.07, 6.45) is 2.44. The number of aliphatic hydroxyl groups excluding tert-OH is 1. The first-order valence-corrected chi connectivity index (χ1v) is 8.32. The minimum atomic E-state index is -0.137. The SMILES string of the molecule is Cn1cnnc1CC1(c2cc(Cl)nc(SCCO)c2)COC1. The van der Waals surface area contributed by atoms with Gasteiger partial charge in [-0.3, -0.25) is 0 Å². The Kier molecular flexibility index (Phi) is 4.67. The molecule has 0 spiro atoms. The Morgan fingerprint density at radius 2 is 2.27 bits per heavy atom. The van der Waals surface area contributed by atoms with Gasteiger partial charge in [0.1, 0.15) is 17.3 Å². The van der Waals surface area contributed by atoms with Crippen LogP contribution in [0.25, 0.3) is 0 Å². The monoisotopic (exact) mass is 340 g/mol. The summed E-state index contributed by atoms with van der Waals surface area (Å²) in [5.41, 5.74) is 0.962. The van der Waals surface area contributed by atoms with Crippen LogP contribution >= 0.6 is 23.4 Å². The molecule has 0 unspecified atom stereocenters. The van der Waals surface area contributed by atoms with E-state index in [9.17, 15) is 0 Å². The third-order valence-electron chi connectivity index (χ3n) is 3.78. The zero-order chi connectivity index (χ0) is 15.6. The molecule has 22 heavy (non-hydrogen) atoms. The molecule has 1 saturated heterocycles. The van der Waals surface area contributed by atoms with Crippen LogP contribution in [0.5, 0.6) is 0 Å². The molecule has 0 aromatic carbocycles. The summed E-state index contributed by atoms with van der Waals surface area (Å²) >= 11 is 7.66. The standard InChI is InChI=1S/C14H17ClN4O2S/c1-19-9-16-18-12(19)6-14(7-21-8-14)10-4-11(15)17-13(5-10)22-3-2-20/h4-5,9,20H,2-3,6-8H2,1H3. The van der Waals surface area contributed by atoms with Crippen LogP contribution in [0.4, 0.5) is 0 Å². The first-order valence-electron chi connectivity index (χ1n) is 6.95. The van der Waals surface area contributed by atoms with E-state index in [4.69, 9.17) is 21.4 Å². The summed E-state index contributed by atoms with van der Waals surface area (Å²) in [6, 6.07) is 3.93. The highest BCUT2D eigenvalue weighted by Crippen LogP contribution is 2.37. The van der Waals surface area contributed by atoms with Crippen molar-refractivity contribution in [2.45, 2.75) is 16.9 Å². The van der Waals surface area contributed by atoms with Crippen LogP contribution in [0.15, 0.2) is 23.5 Å². The summed E-state index contributed by atoms with van der Waals surface area (Å²) < 4.78 is 7.40. The van der Waals surface area contributed by atoms with E-state index in [1.165, 1.54) is 11.8 Å². The van der Waals surface area contributed by atoms with Crippen LogP contribution in [0.3, 0.4) is 0 Å². The second kappa shape index (κ2) is 6.54. The van der Waals surface area contributed by atoms with Crippen molar-refractivity contribution in [3.63, 3.8) is 0 Å². The Bertz CT molecular complexity index is 660. The Morgan fingerprint density at radius 1 is 1.45 bits per heavy atom. The number of hydrogen-bond donors (Lipinski definition) is 1. The third kappa shape index (κ3) is 3.12. The lowest BCUT2D eigenvalue weighted by Crippen LogP contribution is -2.49. The van der Waals surface area contributed by atoms with Gasteiger partial charge < -0.3 is 14.4 Å². The predicted octanol–water partition coefficient (Wildman–Crippen LogP) is 1.46. The molecule has 2 aromatic rings. The van der Waals surface area contributed by atoms with E-state index in [1.807, 2.05) is 23.7 Å². The lowest BCUT2D eigenvalue weighted by atomic mass is 9.76. The van der Waals surface area contributed by atoms with Gasteiger partial charge in [-0.2, -0.15) is 0 Å². The normalized spacial score (nSPS) is 16.5. The molecule has 3 heterocycles. The Morgan fingerprint density at radius 3 is 2.86 bits per heavy atom. The Labute approximate surface area is 137 Å². The molecule has 0 radical (unpaired) electrons. The van der Waals surface area contributed by atoms with Gasteiger partial charge in [-0.1, -0.05) is 11.6 Å². The van der Waals surface area contributed by atoms with E-state index in [-0.39, 0.29) is 12.0 Å². The molecule has 1 N–H and O–H groups in total. The number of halogens is 1. The summed E-state index contributed by atoms with van der Waals surface area (Å²) in [5.74, 6) is 1.51. The average molecular weight is 341 g/mol. The van der Waals surface area contributed by atoms with Crippen LogP contribution in [0.1, 0.15) is 11.4 Å². The molecule has 118 valence electrons. The maximum Gasteiger partial charge on any atom is 0.133 e. The van der Waals surface area contributed by atoms with Crippen molar-refractivity contribution < 1.29 is 9.84 Å². The molecule has 0 amide bonds. The smallest absolute Gasteiger partial charge is 0.133 e. The highest BCUT2D eigenvalue weighted by atomic mass is 35.5. The van der Waals surface area contributed by atoms with Gasteiger partial charge >= 0.3 is 0 Å². The lowest BCUT2D eigenvalue weighted by Gasteiger charge is -2.41. The predicted molar refractivity (Wildman–Crippen MR) is 84.3 cm³/mol. The van der Waals surface area contributed by atoms with Crippen molar-refractivity contribution in [3.05, 3.63) is 35.0 Å². The quantitative estimate of drug-likeness (QED) is 0.634. The molecule has 1 fully saturated rings. The van der Waals surface area contributed by atoms with E-state index in [0.717, 1.165) is 22.8 Å². The maximum absolute atomic E-state index is 8.97. The lowest BCUT2D eigenvalue weighted by molar-refractivity contribution is -0.0612. The highest BCUT2D eigenvalue weighted by molar-refractivity contribution is 7.99. The van der Waals surface area contributed by atoms with Gasteiger partial charge in [0.2, 0.25) is 0 Å². The van der Waals surface area contributed by atoms with E-state index >= 15 is 0 Å². The van der Waals surface area contributed by atoms with Gasteiger partial charge in [0.15, 0.2) is 0 Å². The number of nitrogens with zero attached hydrogens (tertiary/aromatic N) is 4. The molecule has 0 atom stereocenters. The molecule has 3 rings (SSSR count). The van der Waals surface area contributed by atoms with E-state index in [1.54, 1.807) is 6.33 Å². The van der Waals surface area contributed by atoms with Crippen LogP contribution in [-0.2, 0) is 23.6 Å². The van der Waals surface area contributed by atoms with Gasteiger partial charge in [-0.15, -0.1) is 22.0 Å². The van der Waals surface area contributed by atoms with Crippen molar-refractivity contribution in [2.75, 3.05) is 25.6 Å². The largest absolute Gasteiger partial charge is 0.396 e. The zero-order valence-corrected chi connectivity index (χ0v) is 13.8. The topological polar surface area (TPSA) is 73.1 Å². The highest BCUT2D eigenvalue weighted by Gasteiger charge is 2.42. The Hall–Kier alpha value is -1.15. The summed E-state index contributed by atoms with van der Waals surface area (Å²) in [5, 5.41) is 18.4. The number of aromatic nitrogens is 4. The number of thioether (sulfide) groups is 1. The number of pyridine rings is 1. The minimum Gasteiger partial charge on any atom is -0.396 e. The van der Waals surface area contributed by atoms with Gasteiger partial charge in [-0.05, 0) is 17.7 Å². The van der Waals surface area contributed by atoms with E-state index < -0.39 is 0 Å². The first kappa shape index (κ1) is 15.7. The fourth-order valence-electron chi connectivity index (χ4n) is 2.49. The van der Waals surface area contributed by atoms with Crippen LogP contribution < -0.4 is 0 Å². The molecule has 6 nitrogen and oxygen atoms in total. The zero-order valence-electron chi connectivity index (χ0n) is 12.2. The first-order chi connectivity index (χ1) is 10.6. The van der Waals surface area contributed by atoms with Crippen molar-refractivity contribution in [3.8, 4) is 0 Å². The summed E-state index contributed by atoms with van der Waals surface area (Å²) in [6.45, 7) is 1.37. The Balaban J connectivity index is 1.89. The number of aliphatic hydroxyl groups is 1. The van der Waals surface area contributed by atoms with Gasteiger partial charge in [0.05, 0.1) is 24.8 Å². The molecular formula is C14H17ClN4O2S. The van der Waals surface area contributed by atoms with Crippen molar-refractivity contribution in [1.82, 2.24) is 19.7 Å². The number of aryl methyl sites for hydroxylation is 1. The van der Waals surface area contributed by atoms with Crippen LogP contribution in [0, 0.1) is 0 Å². The molecule has 0 saturated carbocycles. The number of ether oxygens (including phenoxy) is 1. The van der Waals surface area contributed by atoms with Crippen molar-refractivity contribution in [1.29, 1.82) is 0 Å². The molecule has 2 aromatic heterocycles. The average Bonchev–Trinajstić information content (AvgIpc) is 2.85. The van der Waals surface area contributed by atoms with Gasteiger partial charge in [-0.25, -0.2) is 4.98 Å². The number of rotatable bonds is 6. The second-order valence-electron chi connectivity index (χ2n) is 5.40. The second-order valence-corrected chi connectivity index (χ2v) is 6.90. The molecule has 1 aliphatic rings. The fraction of sp³-hybridized carbons (Fsp3) is 0.500. The van der Waals surface area contributed by atoms with E-state index in [0.29, 0.717) is 24.1 Å². The van der Waals surface area contributed by atoms with Gasteiger partial charge in [0.25, 0.3) is 0 Å². The summed E-state index contributed by atoms with van der Waals surface area (Å²) in [4.78, 5) is 4.30. The molecule has 0 bridgehead atoms. The fourth-order valence-corrected chi connectivity index (χ4v) is 3.42. The summed E-state index contributed by atoms with van der Waals surface area (Å²) in [7, 11) is 1.94. The van der Waals surface area contributed by atoms with Crippen LogP contribution in [-0.4, -0.2) is 50.4 Å². The third-order valence-corrected chi connectivity index (χ3v) is 4.87. The molecule has 1 aliphatic heterocycles.